The molecule has 2 aliphatic rings. The first-order chi connectivity index (χ1) is 9.63. The molecule has 0 bridgehead atoms. The summed E-state index contributed by atoms with van der Waals surface area (Å²) in [5, 5.41) is 2.32. The summed E-state index contributed by atoms with van der Waals surface area (Å²) < 4.78 is 1.79. The summed E-state index contributed by atoms with van der Waals surface area (Å²) in [6.07, 6.45) is 7.80. The highest BCUT2D eigenvalue weighted by molar-refractivity contribution is 6.19. The molecule has 1 saturated carbocycles. The summed E-state index contributed by atoms with van der Waals surface area (Å²) in [6.45, 7) is 0.722. The fourth-order valence-corrected chi connectivity index (χ4v) is 2.99. The second-order valence-electron chi connectivity index (χ2n) is 5.31. The van der Waals surface area contributed by atoms with E-state index >= 15 is 0 Å². The van der Waals surface area contributed by atoms with E-state index < -0.39 is 17.4 Å². The van der Waals surface area contributed by atoms with Crippen LogP contribution in [0, 0.1) is 5.41 Å². The normalized spacial score (nSPS) is 21.6. The Morgan fingerprint density at radius 2 is 1.95 bits per heavy atom. The van der Waals surface area contributed by atoms with Gasteiger partial charge in [-0.05, 0) is 12.8 Å². The van der Waals surface area contributed by atoms with Gasteiger partial charge < -0.3 is 4.57 Å². The van der Waals surface area contributed by atoms with Crippen LogP contribution in [0.5, 0.6) is 0 Å². The van der Waals surface area contributed by atoms with Crippen LogP contribution in [-0.2, 0) is 16.1 Å². The van der Waals surface area contributed by atoms with Crippen molar-refractivity contribution in [1.82, 2.24) is 19.8 Å². The Bertz CT molecular complexity index is 546. The summed E-state index contributed by atoms with van der Waals surface area (Å²) in [5.41, 5.74) is -1.01. The Labute approximate surface area is 116 Å². The quantitative estimate of drug-likeness (QED) is 0.816. The Morgan fingerprint density at radius 3 is 2.60 bits per heavy atom. The monoisotopic (exact) mass is 276 g/mol. The lowest BCUT2D eigenvalue weighted by molar-refractivity contribution is -0.151. The first kappa shape index (κ1) is 12.8. The molecule has 106 valence electrons. The molecule has 1 aromatic heterocycles. The number of carbonyl (C=O) groups excluding carboxylic acids is 3. The standard InChI is InChI=1S/C13H16N4O3/c18-10-13(3-1-2-4-13)11(19)17(12(20)15-10)8-7-16-6-5-14-9-16/h5-6,9H,1-4,7-8H2,(H,15,18,20). The Balaban J connectivity index is 1.77. The third-order valence-corrected chi connectivity index (χ3v) is 4.15. The molecule has 1 N–H and O–H groups in total. The highest BCUT2D eigenvalue weighted by atomic mass is 16.2. The number of urea groups is 1. The number of carbonyl (C=O) groups is 3. The summed E-state index contributed by atoms with van der Waals surface area (Å²) in [7, 11) is 0. The molecule has 3 rings (SSSR count). The van der Waals surface area contributed by atoms with Crippen molar-refractivity contribution < 1.29 is 14.4 Å². The zero-order valence-corrected chi connectivity index (χ0v) is 11.0. The highest BCUT2D eigenvalue weighted by Crippen LogP contribution is 2.41. The van der Waals surface area contributed by atoms with Crippen molar-refractivity contribution in [2.75, 3.05) is 6.54 Å². The molecule has 0 unspecified atom stereocenters. The number of aromatic nitrogens is 2. The van der Waals surface area contributed by atoms with Crippen LogP contribution in [0.3, 0.4) is 0 Å². The zero-order chi connectivity index (χ0) is 14.2. The predicted molar refractivity (Wildman–Crippen MR) is 68.4 cm³/mol. The minimum Gasteiger partial charge on any atom is -0.336 e. The predicted octanol–water partition coefficient (Wildman–Crippen LogP) is 0.522. The van der Waals surface area contributed by atoms with E-state index in [0.29, 0.717) is 19.4 Å². The summed E-state index contributed by atoms with van der Waals surface area (Å²) in [6, 6.07) is -0.613. The highest BCUT2D eigenvalue weighted by Gasteiger charge is 2.54. The van der Waals surface area contributed by atoms with Crippen molar-refractivity contribution >= 4 is 17.8 Å². The van der Waals surface area contributed by atoms with E-state index in [1.807, 2.05) is 0 Å². The van der Waals surface area contributed by atoms with Gasteiger partial charge in [-0.2, -0.15) is 0 Å². The van der Waals surface area contributed by atoms with E-state index in [0.717, 1.165) is 17.7 Å². The maximum Gasteiger partial charge on any atom is 0.330 e. The van der Waals surface area contributed by atoms with Gasteiger partial charge in [-0.15, -0.1) is 0 Å². The van der Waals surface area contributed by atoms with Gasteiger partial charge in [0.1, 0.15) is 5.41 Å². The molecule has 7 nitrogen and oxygen atoms in total. The number of hydrogen-bond acceptors (Lipinski definition) is 4. The number of nitrogens with zero attached hydrogens (tertiary/aromatic N) is 3. The van der Waals surface area contributed by atoms with Crippen LogP contribution in [0.25, 0.3) is 0 Å². The molecule has 2 fully saturated rings. The Kier molecular flexibility index (Phi) is 3.04. The minimum atomic E-state index is -1.01. The second kappa shape index (κ2) is 4.73. The molecule has 4 amide bonds. The second-order valence-corrected chi connectivity index (χ2v) is 5.31. The number of amides is 4. The molecule has 1 spiro atoms. The molecule has 1 aliphatic carbocycles. The van der Waals surface area contributed by atoms with E-state index in [-0.39, 0.29) is 12.5 Å². The molecular weight excluding hydrogens is 260 g/mol. The van der Waals surface area contributed by atoms with Gasteiger partial charge in [0.05, 0.1) is 6.33 Å². The molecular formula is C13H16N4O3. The first-order valence-corrected chi connectivity index (χ1v) is 6.77. The van der Waals surface area contributed by atoms with Gasteiger partial charge in [0.25, 0.3) is 0 Å². The molecule has 0 atom stereocenters. The van der Waals surface area contributed by atoms with Crippen molar-refractivity contribution in [2.24, 2.45) is 5.41 Å². The molecule has 2 heterocycles. The number of nitrogens with one attached hydrogen (secondary N) is 1. The van der Waals surface area contributed by atoms with Crippen LogP contribution in [0.2, 0.25) is 0 Å². The SMILES string of the molecule is O=C1NC(=O)C2(CCCC2)C(=O)N1CCn1ccnc1. The smallest absolute Gasteiger partial charge is 0.330 e. The van der Waals surface area contributed by atoms with E-state index in [1.54, 1.807) is 23.3 Å². The lowest BCUT2D eigenvalue weighted by atomic mass is 9.82. The van der Waals surface area contributed by atoms with Gasteiger partial charge in [-0.3, -0.25) is 19.8 Å². The summed E-state index contributed by atoms with van der Waals surface area (Å²) in [4.78, 5) is 41.5. The Hall–Kier alpha value is -2.18. The van der Waals surface area contributed by atoms with E-state index in [4.69, 9.17) is 0 Å². The van der Waals surface area contributed by atoms with Gasteiger partial charge in [-0.25, -0.2) is 9.78 Å². The number of imidazole rings is 1. The van der Waals surface area contributed by atoms with Crippen LogP contribution < -0.4 is 5.32 Å². The van der Waals surface area contributed by atoms with E-state index in [1.165, 1.54) is 0 Å². The van der Waals surface area contributed by atoms with Gasteiger partial charge in [0.15, 0.2) is 0 Å². The maximum absolute atomic E-state index is 12.5. The maximum atomic E-state index is 12.5. The largest absolute Gasteiger partial charge is 0.336 e. The van der Waals surface area contributed by atoms with Gasteiger partial charge in [0.2, 0.25) is 11.8 Å². The zero-order valence-electron chi connectivity index (χ0n) is 11.0. The molecule has 7 heteroatoms. The number of imide groups is 2. The molecule has 0 aromatic carbocycles. The van der Waals surface area contributed by atoms with E-state index in [2.05, 4.69) is 10.3 Å². The number of hydrogen-bond donors (Lipinski definition) is 1. The average molecular weight is 276 g/mol. The van der Waals surface area contributed by atoms with Gasteiger partial charge in [-0.1, -0.05) is 12.8 Å². The van der Waals surface area contributed by atoms with Crippen molar-refractivity contribution in [3.8, 4) is 0 Å². The third-order valence-electron chi connectivity index (χ3n) is 4.15. The fourth-order valence-electron chi connectivity index (χ4n) is 2.99. The van der Waals surface area contributed by atoms with Crippen LogP contribution >= 0.6 is 0 Å². The average Bonchev–Trinajstić information content (AvgIpc) is 3.09. The summed E-state index contributed by atoms with van der Waals surface area (Å²) >= 11 is 0. The van der Waals surface area contributed by atoms with Crippen LogP contribution in [0.15, 0.2) is 18.7 Å². The van der Waals surface area contributed by atoms with Crippen LogP contribution in [-0.4, -0.2) is 38.8 Å². The van der Waals surface area contributed by atoms with Crippen LogP contribution in [0.1, 0.15) is 25.7 Å². The lowest BCUT2D eigenvalue weighted by Crippen LogP contribution is -2.63. The van der Waals surface area contributed by atoms with Gasteiger partial charge in [0, 0.05) is 25.5 Å². The molecule has 0 radical (unpaired) electrons. The minimum absolute atomic E-state index is 0.246. The number of rotatable bonds is 3. The molecule has 20 heavy (non-hydrogen) atoms. The van der Waals surface area contributed by atoms with E-state index in [9.17, 15) is 14.4 Å². The van der Waals surface area contributed by atoms with Crippen molar-refractivity contribution in [1.29, 1.82) is 0 Å². The molecule has 1 aromatic rings. The first-order valence-electron chi connectivity index (χ1n) is 6.77. The molecule has 1 aliphatic heterocycles. The summed E-state index contributed by atoms with van der Waals surface area (Å²) in [5.74, 6) is -0.771. The van der Waals surface area contributed by atoms with Crippen LogP contribution in [0.4, 0.5) is 4.79 Å². The van der Waals surface area contributed by atoms with Crippen molar-refractivity contribution in [3.05, 3.63) is 18.7 Å². The van der Waals surface area contributed by atoms with Gasteiger partial charge >= 0.3 is 6.03 Å². The van der Waals surface area contributed by atoms with Crippen molar-refractivity contribution in [2.45, 2.75) is 32.2 Å². The third kappa shape index (κ3) is 1.90. The van der Waals surface area contributed by atoms with Crippen molar-refractivity contribution in [3.63, 3.8) is 0 Å². The lowest BCUT2D eigenvalue weighted by Gasteiger charge is -2.36. The Morgan fingerprint density at radius 1 is 1.20 bits per heavy atom. The fraction of sp³-hybridized carbons (Fsp3) is 0.538. The topological polar surface area (TPSA) is 84.3 Å². The number of barbiturate groups is 1. The molecule has 1 saturated heterocycles.